The summed E-state index contributed by atoms with van der Waals surface area (Å²) < 4.78 is 10.9. The molecule has 0 spiro atoms. The maximum Gasteiger partial charge on any atom is 0.362 e. The molecule has 1 aliphatic carbocycles. The molecule has 9 heteroatoms. The Balaban J connectivity index is 1.39. The monoisotopic (exact) mass is 411 g/mol. The van der Waals surface area contributed by atoms with E-state index < -0.39 is 5.97 Å². The molecule has 1 fully saturated rings. The minimum Gasteiger partial charge on any atom is -0.472 e. The van der Waals surface area contributed by atoms with Crippen molar-refractivity contribution in [2.24, 2.45) is 0 Å². The molecule has 2 aromatic heterocycles. The topological polar surface area (TPSA) is 126 Å². The van der Waals surface area contributed by atoms with E-state index in [0.29, 0.717) is 5.92 Å². The molecular weight excluding hydrogens is 386 g/mol. The van der Waals surface area contributed by atoms with Crippen LogP contribution in [-0.2, 0) is 11.3 Å². The van der Waals surface area contributed by atoms with Crippen LogP contribution in [0.15, 0.2) is 30.5 Å². The van der Waals surface area contributed by atoms with E-state index in [1.54, 1.807) is 13.1 Å². The van der Waals surface area contributed by atoms with E-state index in [-0.39, 0.29) is 30.9 Å². The predicted octanol–water partition coefficient (Wildman–Crippen LogP) is 2.97. The number of aromatic nitrogens is 5. The van der Waals surface area contributed by atoms with Crippen molar-refractivity contribution in [2.75, 3.05) is 6.61 Å². The Morgan fingerprint density at radius 2 is 2.03 bits per heavy atom. The van der Waals surface area contributed by atoms with E-state index in [0.717, 1.165) is 42.5 Å². The van der Waals surface area contributed by atoms with E-state index in [4.69, 9.17) is 9.47 Å². The fraction of sp³-hybridized carbons (Fsp3) is 0.429. The summed E-state index contributed by atoms with van der Waals surface area (Å²) in [6.07, 6.45) is 5.26. The number of aromatic amines is 2. The van der Waals surface area contributed by atoms with Crippen LogP contribution in [0.1, 0.15) is 60.1 Å². The number of benzene rings is 1. The minimum atomic E-state index is -0.514. The number of H-pyrrole nitrogens is 2. The standard InChI is InChI=1S/C21H25N5O4/c1-2-29-21(28)19-20(25-26-24-19)30-16-6-3-13(4-7-16)14-5-8-17(15(11-14)12-27)18-9-10-22-23-18/h5,8-11,13,16,27H,2-4,6-7,12H2,1H3,(H,22,23)(H,24,25,26)/t13-,16+. The molecule has 1 aromatic carbocycles. The third-order valence-corrected chi connectivity index (χ3v) is 5.51. The van der Waals surface area contributed by atoms with Crippen LogP contribution in [0.5, 0.6) is 5.88 Å². The number of ether oxygens (including phenoxy) is 2. The molecule has 0 aliphatic heterocycles. The molecule has 158 valence electrons. The average Bonchev–Trinajstić information content (AvgIpc) is 3.46. The number of rotatable bonds is 7. The van der Waals surface area contributed by atoms with Crippen LogP contribution in [0, 0.1) is 0 Å². The molecule has 1 saturated carbocycles. The number of carbonyl (C=O) groups excluding carboxylic acids is 1. The van der Waals surface area contributed by atoms with Crippen LogP contribution >= 0.6 is 0 Å². The summed E-state index contributed by atoms with van der Waals surface area (Å²) >= 11 is 0. The maximum atomic E-state index is 11.9. The summed E-state index contributed by atoms with van der Waals surface area (Å²) in [6.45, 7) is 1.99. The van der Waals surface area contributed by atoms with Crippen LogP contribution in [0.4, 0.5) is 0 Å². The zero-order valence-corrected chi connectivity index (χ0v) is 16.8. The number of nitrogens with zero attached hydrogens (tertiary/aromatic N) is 3. The Kier molecular flexibility index (Phi) is 6.08. The van der Waals surface area contributed by atoms with E-state index >= 15 is 0 Å². The molecule has 0 atom stereocenters. The second-order valence-electron chi connectivity index (χ2n) is 7.35. The maximum absolute atomic E-state index is 11.9. The molecule has 4 rings (SSSR count). The molecular formula is C21H25N5O4. The number of hydrogen-bond acceptors (Lipinski definition) is 7. The lowest BCUT2D eigenvalue weighted by Gasteiger charge is -2.29. The van der Waals surface area contributed by atoms with Gasteiger partial charge >= 0.3 is 5.97 Å². The quantitative estimate of drug-likeness (QED) is 0.510. The lowest BCUT2D eigenvalue weighted by molar-refractivity contribution is 0.0508. The SMILES string of the molecule is CCOC(=O)c1[nH]nnc1O[C@H]1CC[C@@H](c2ccc(-c3ccn[nH]3)c(CO)c2)CC1. The molecule has 0 radical (unpaired) electrons. The number of hydrogen-bond donors (Lipinski definition) is 3. The van der Waals surface area contributed by atoms with Crippen LogP contribution in [0.3, 0.4) is 0 Å². The second kappa shape index (κ2) is 9.08. The summed E-state index contributed by atoms with van der Waals surface area (Å²) in [4.78, 5) is 11.9. The van der Waals surface area contributed by atoms with Gasteiger partial charge in [0.25, 0.3) is 5.88 Å². The number of esters is 1. The van der Waals surface area contributed by atoms with Crippen LogP contribution in [0.2, 0.25) is 0 Å². The van der Waals surface area contributed by atoms with Crippen LogP contribution in [-0.4, -0.2) is 49.4 Å². The zero-order chi connectivity index (χ0) is 20.9. The summed E-state index contributed by atoms with van der Waals surface area (Å²) in [7, 11) is 0. The van der Waals surface area contributed by atoms with Crippen molar-refractivity contribution in [3.63, 3.8) is 0 Å². The van der Waals surface area contributed by atoms with Crippen LogP contribution in [0.25, 0.3) is 11.3 Å². The van der Waals surface area contributed by atoms with Gasteiger partial charge in [0.05, 0.1) is 18.9 Å². The highest BCUT2D eigenvalue weighted by Gasteiger charge is 2.27. The highest BCUT2D eigenvalue weighted by molar-refractivity contribution is 5.89. The third kappa shape index (κ3) is 4.20. The summed E-state index contributed by atoms with van der Waals surface area (Å²) in [6, 6.07) is 8.14. The molecule has 30 heavy (non-hydrogen) atoms. The lowest BCUT2D eigenvalue weighted by Crippen LogP contribution is -2.24. The van der Waals surface area contributed by atoms with Crippen LogP contribution < -0.4 is 4.74 Å². The van der Waals surface area contributed by atoms with Crippen molar-refractivity contribution in [3.05, 3.63) is 47.3 Å². The number of aliphatic hydroxyl groups excluding tert-OH is 1. The smallest absolute Gasteiger partial charge is 0.362 e. The number of carbonyl (C=O) groups is 1. The van der Waals surface area contributed by atoms with Crippen molar-refractivity contribution in [3.8, 4) is 17.1 Å². The minimum absolute atomic E-state index is 0.0244. The van der Waals surface area contributed by atoms with Gasteiger partial charge in [0, 0.05) is 11.8 Å². The fourth-order valence-electron chi connectivity index (χ4n) is 3.98. The molecule has 0 saturated heterocycles. The molecule has 2 heterocycles. The Hall–Kier alpha value is -3.20. The largest absolute Gasteiger partial charge is 0.472 e. The van der Waals surface area contributed by atoms with Crippen molar-refractivity contribution < 1.29 is 19.4 Å². The van der Waals surface area contributed by atoms with E-state index in [1.807, 2.05) is 12.1 Å². The molecule has 9 nitrogen and oxygen atoms in total. The lowest BCUT2D eigenvalue weighted by atomic mass is 9.81. The highest BCUT2D eigenvalue weighted by Crippen LogP contribution is 2.36. The molecule has 1 aliphatic rings. The Morgan fingerprint density at radius 3 is 2.73 bits per heavy atom. The molecule has 3 aromatic rings. The van der Waals surface area contributed by atoms with Gasteiger partial charge in [-0.25, -0.2) is 9.89 Å². The average molecular weight is 411 g/mol. The summed E-state index contributed by atoms with van der Waals surface area (Å²) in [5, 5.41) is 26.9. The van der Waals surface area contributed by atoms with Gasteiger partial charge in [0.2, 0.25) is 5.69 Å². The van der Waals surface area contributed by atoms with Gasteiger partial charge in [0.1, 0.15) is 6.10 Å². The predicted molar refractivity (Wildman–Crippen MR) is 108 cm³/mol. The number of aliphatic hydroxyl groups is 1. The molecule has 0 bridgehead atoms. The first-order valence-corrected chi connectivity index (χ1v) is 10.2. The van der Waals surface area contributed by atoms with E-state index in [1.165, 1.54) is 5.56 Å². The molecule has 0 amide bonds. The number of nitrogens with one attached hydrogen (secondary N) is 2. The fourth-order valence-corrected chi connectivity index (χ4v) is 3.98. The van der Waals surface area contributed by atoms with Gasteiger partial charge in [-0.15, -0.1) is 0 Å². The van der Waals surface area contributed by atoms with Gasteiger partial charge in [0.15, 0.2) is 0 Å². The Morgan fingerprint density at radius 1 is 1.20 bits per heavy atom. The van der Waals surface area contributed by atoms with Gasteiger partial charge in [-0.2, -0.15) is 5.10 Å². The Labute approximate surface area is 173 Å². The highest BCUT2D eigenvalue weighted by atomic mass is 16.5. The van der Waals surface area contributed by atoms with E-state index in [2.05, 4.69) is 37.7 Å². The zero-order valence-electron chi connectivity index (χ0n) is 16.8. The van der Waals surface area contributed by atoms with Crippen molar-refractivity contribution >= 4 is 5.97 Å². The van der Waals surface area contributed by atoms with Gasteiger partial charge in [-0.05, 0) is 55.7 Å². The summed E-state index contributed by atoms with van der Waals surface area (Å²) in [5.41, 5.74) is 4.12. The van der Waals surface area contributed by atoms with E-state index in [9.17, 15) is 9.90 Å². The van der Waals surface area contributed by atoms with Crippen molar-refractivity contribution in [1.29, 1.82) is 0 Å². The van der Waals surface area contributed by atoms with Gasteiger partial charge in [-0.1, -0.05) is 28.5 Å². The summed E-state index contributed by atoms with van der Waals surface area (Å²) in [5.74, 6) is 0.0799. The first-order chi connectivity index (χ1) is 14.7. The molecule has 0 unspecified atom stereocenters. The first-order valence-electron chi connectivity index (χ1n) is 10.2. The Bertz CT molecular complexity index is 977. The second-order valence-corrected chi connectivity index (χ2v) is 7.35. The normalized spacial score (nSPS) is 18.9. The van der Waals surface area contributed by atoms with Crippen molar-refractivity contribution in [2.45, 2.75) is 51.2 Å². The molecule has 3 N–H and O–H groups in total. The van der Waals surface area contributed by atoms with Gasteiger partial charge < -0.3 is 14.6 Å². The van der Waals surface area contributed by atoms with Gasteiger partial charge in [-0.3, -0.25) is 5.10 Å². The van der Waals surface area contributed by atoms with Crippen molar-refractivity contribution in [1.82, 2.24) is 25.6 Å². The third-order valence-electron chi connectivity index (χ3n) is 5.51. The first kappa shape index (κ1) is 20.1.